The van der Waals surface area contributed by atoms with Gasteiger partial charge in [0.25, 0.3) is 5.91 Å². The molecule has 0 saturated carbocycles. The molecule has 0 spiro atoms. The Balaban J connectivity index is 1.85. The van der Waals surface area contributed by atoms with Crippen molar-refractivity contribution in [3.63, 3.8) is 0 Å². The van der Waals surface area contributed by atoms with E-state index in [0.29, 0.717) is 54.4 Å². The lowest BCUT2D eigenvalue weighted by Crippen LogP contribution is -2.48. The zero-order valence-electron chi connectivity index (χ0n) is 29.7. The van der Waals surface area contributed by atoms with E-state index in [1.54, 1.807) is 73.3 Å². The van der Waals surface area contributed by atoms with Crippen molar-refractivity contribution in [2.45, 2.75) is 71.1 Å². The molecule has 3 rings (SSSR count). The summed E-state index contributed by atoms with van der Waals surface area (Å²) in [5.74, 6) is 0.467. The molecule has 2 aromatic carbocycles. The number of methoxy groups -OCH3 is 1. The molecule has 1 aliphatic heterocycles. The molecule has 1 heterocycles. The van der Waals surface area contributed by atoms with Crippen LogP contribution in [0, 0.1) is 5.92 Å². The summed E-state index contributed by atoms with van der Waals surface area (Å²) in [5.41, 5.74) is 1.45. The van der Waals surface area contributed by atoms with Gasteiger partial charge in [0.15, 0.2) is 0 Å². The average Bonchev–Trinajstić information content (AvgIpc) is 3.06. The normalized spacial score (nSPS) is 19.8. The molecular weight excluding hydrogens is 614 g/mol. The molecule has 12 heteroatoms. The number of benzene rings is 2. The number of nitrogens with zero attached hydrogens (tertiary/aromatic N) is 3. The van der Waals surface area contributed by atoms with Crippen LogP contribution in [0.3, 0.4) is 0 Å². The monoisotopic (exact) mass is 669 g/mol. The lowest BCUT2D eigenvalue weighted by Gasteiger charge is -2.35. The van der Waals surface area contributed by atoms with Gasteiger partial charge in [-0.15, -0.1) is 0 Å². The highest BCUT2D eigenvalue weighted by Crippen LogP contribution is 2.29. The summed E-state index contributed by atoms with van der Waals surface area (Å²) in [6, 6.07) is 11.4. The molecule has 0 bridgehead atoms. The number of aliphatic hydroxyl groups is 1. The largest absolute Gasteiger partial charge is 0.497 e. The Labute approximate surface area is 285 Å². The molecule has 0 aromatic heterocycles. The Morgan fingerprint density at radius 3 is 2.44 bits per heavy atom. The first-order valence-corrected chi connectivity index (χ1v) is 16.9. The van der Waals surface area contributed by atoms with Gasteiger partial charge in [0.05, 0.1) is 37.5 Å². The molecule has 4 atom stereocenters. The third kappa shape index (κ3) is 12.0. The van der Waals surface area contributed by atoms with E-state index in [1.807, 2.05) is 32.8 Å². The van der Waals surface area contributed by atoms with Gasteiger partial charge in [-0.05, 0) is 103 Å². The SMILES string of the molecule is COc1ccc(NC(=O)N(C)C[C@H]2OCCCC[C@@H](C)Oc3ccc(NC(=O)CCCN(C)C)cc3C(=O)N([C@H](C)CO)C[C@@H]2C)cc1. The molecule has 0 saturated heterocycles. The molecule has 2 aromatic rings. The van der Waals surface area contributed by atoms with Crippen LogP contribution in [0.2, 0.25) is 0 Å². The second kappa shape index (κ2) is 19.2. The van der Waals surface area contributed by atoms with Gasteiger partial charge in [-0.25, -0.2) is 4.79 Å². The quantitative estimate of drug-likeness (QED) is 0.307. The minimum Gasteiger partial charge on any atom is -0.497 e. The molecular formula is C36H55N5O7. The highest BCUT2D eigenvalue weighted by molar-refractivity contribution is 5.99. The van der Waals surface area contributed by atoms with E-state index >= 15 is 0 Å². The van der Waals surface area contributed by atoms with Crippen LogP contribution in [0.1, 0.15) is 63.2 Å². The topological polar surface area (TPSA) is 133 Å². The van der Waals surface area contributed by atoms with Crippen molar-refractivity contribution in [1.82, 2.24) is 14.7 Å². The lowest BCUT2D eigenvalue weighted by molar-refractivity contribution is -0.116. The number of amides is 4. The van der Waals surface area contributed by atoms with Gasteiger partial charge in [-0.3, -0.25) is 9.59 Å². The maximum Gasteiger partial charge on any atom is 0.321 e. The summed E-state index contributed by atoms with van der Waals surface area (Å²) >= 11 is 0. The van der Waals surface area contributed by atoms with Crippen molar-refractivity contribution >= 4 is 29.2 Å². The third-order valence-electron chi connectivity index (χ3n) is 8.49. The van der Waals surface area contributed by atoms with Crippen molar-refractivity contribution in [3.05, 3.63) is 48.0 Å². The van der Waals surface area contributed by atoms with Gasteiger partial charge < -0.3 is 44.7 Å². The van der Waals surface area contributed by atoms with Crippen LogP contribution in [0.4, 0.5) is 16.2 Å². The van der Waals surface area contributed by atoms with E-state index in [-0.39, 0.29) is 49.1 Å². The number of carbonyl (C=O) groups is 3. The molecule has 0 aliphatic carbocycles. The second-order valence-corrected chi connectivity index (χ2v) is 13.0. The highest BCUT2D eigenvalue weighted by atomic mass is 16.5. The molecule has 0 fully saturated rings. The molecule has 1 aliphatic rings. The van der Waals surface area contributed by atoms with Crippen LogP contribution in [-0.2, 0) is 9.53 Å². The zero-order chi connectivity index (χ0) is 35.2. The summed E-state index contributed by atoms with van der Waals surface area (Å²) in [5, 5.41) is 16.1. The summed E-state index contributed by atoms with van der Waals surface area (Å²) in [6.45, 7) is 7.33. The first-order valence-electron chi connectivity index (χ1n) is 16.9. The molecule has 266 valence electrons. The second-order valence-electron chi connectivity index (χ2n) is 13.0. The fourth-order valence-electron chi connectivity index (χ4n) is 5.49. The Hall–Kier alpha value is -3.87. The summed E-state index contributed by atoms with van der Waals surface area (Å²) in [7, 11) is 7.23. The Bertz CT molecular complexity index is 1320. The molecule has 4 amide bonds. The van der Waals surface area contributed by atoms with Crippen LogP contribution in [0.15, 0.2) is 42.5 Å². The van der Waals surface area contributed by atoms with E-state index in [1.165, 1.54) is 0 Å². The average molecular weight is 670 g/mol. The molecule has 0 unspecified atom stereocenters. The number of carbonyl (C=O) groups excluding carboxylic acids is 3. The summed E-state index contributed by atoms with van der Waals surface area (Å²) in [6.07, 6.45) is 2.93. The Kier molecular flexibility index (Phi) is 15.4. The van der Waals surface area contributed by atoms with Gasteiger partial charge in [0.1, 0.15) is 11.5 Å². The predicted molar refractivity (Wildman–Crippen MR) is 188 cm³/mol. The van der Waals surface area contributed by atoms with Gasteiger partial charge in [0.2, 0.25) is 5.91 Å². The van der Waals surface area contributed by atoms with Crippen molar-refractivity contribution < 1.29 is 33.7 Å². The van der Waals surface area contributed by atoms with E-state index in [9.17, 15) is 19.5 Å². The van der Waals surface area contributed by atoms with Gasteiger partial charge >= 0.3 is 6.03 Å². The van der Waals surface area contributed by atoms with Crippen molar-refractivity contribution in [3.8, 4) is 11.5 Å². The number of aliphatic hydroxyl groups excluding tert-OH is 1. The number of hydrogen-bond acceptors (Lipinski definition) is 8. The fraction of sp³-hybridized carbons (Fsp3) is 0.583. The van der Waals surface area contributed by atoms with Crippen LogP contribution in [-0.4, -0.2) is 117 Å². The number of fused-ring (bicyclic) bond motifs is 1. The number of anilines is 2. The minimum absolute atomic E-state index is 0.131. The van der Waals surface area contributed by atoms with Crippen molar-refractivity contribution in [2.24, 2.45) is 5.92 Å². The predicted octanol–water partition coefficient (Wildman–Crippen LogP) is 4.93. The van der Waals surface area contributed by atoms with Crippen molar-refractivity contribution in [2.75, 3.05) is 71.7 Å². The fourth-order valence-corrected chi connectivity index (χ4v) is 5.49. The maximum atomic E-state index is 14.3. The van der Waals surface area contributed by atoms with Crippen molar-refractivity contribution in [1.29, 1.82) is 0 Å². The summed E-state index contributed by atoms with van der Waals surface area (Å²) < 4.78 is 17.9. The Morgan fingerprint density at radius 1 is 1.06 bits per heavy atom. The van der Waals surface area contributed by atoms with Crippen LogP contribution in [0.25, 0.3) is 0 Å². The standard InChI is InChI=1S/C36H55N5O7/c1-25-22-41(26(2)24-42)35(44)31-21-29(37-34(43)12-10-19-39(4)5)15-18-32(31)48-27(3)11-8-9-20-47-33(25)23-40(6)36(45)38-28-13-16-30(46-7)17-14-28/h13-18,21,25-27,33,42H,8-12,19-20,22-24H2,1-7H3,(H,37,43)(H,38,45)/t25-,26+,27+,33+/m0/s1. The number of rotatable bonds is 11. The van der Waals surface area contributed by atoms with E-state index in [0.717, 1.165) is 25.8 Å². The molecule has 12 nitrogen and oxygen atoms in total. The minimum atomic E-state index is -0.515. The first-order chi connectivity index (χ1) is 22.9. The maximum absolute atomic E-state index is 14.3. The molecule has 3 N–H and O–H groups in total. The van der Waals surface area contributed by atoms with Gasteiger partial charge in [-0.2, -0.15) is 0 Å². The van der Waals surface area contributed by atoms with E-state index in [2.05, 4.69) is 10.6 Å². The zero-order valence-corrected chi connectivity index (χ0v) is 29.7. The molecule has 48 heavy (non-hydrogen) atoms. The number of likely N-dealkylation sites (N-methyl/N-ethyl adjacent to an activating group) is 1. The highest BCUT2D eigenvalue weighted by Gasteiger charge is 2.31. The van der Waals surface area contributed by atoms with Gasteiger partial charge in [-0.1, -0.05) is 6.92 Å². The smallest absolute Gasteiger partial charge is 0.321 e. The lowest BCUT2D eigenvalue weighted by atomic mass is 10.0. The van der Waals surface area contributed by atoms with Crippen LogP contribution in [0.5, 0.6) is 11.5 Å². The van der Waals surface area contributed by atoms with E-state index < -0.39 is 6.04 Å². The Morgan fingerprint density at radius 2 is 1.77 bits per heavy atom. The molecule has 0 radical (unpaired) electrons. The third-order valence-corrected chi connectivity index (χ3v) is 8.49. The number of ether oxygens (including phenoxy) is 3. The first kappa shape index (κ1) is 38.6. The number of urea groups is 1. The number of hydrogen-bond donors (Lipinski definition) is 3. The van der Waals surface area contributed by atoms with Gasteiger partial charge in [0, 0.05) is 50.5 Å². The summed E-state index contributed by atoms with van der Waals surface area (Å²) in [4.78, 5) is 45.4. The van der Waals surface area contributed by atoms with E-state index in [4.69, 9.17) is 14.2 Å². The van der Waals surface area contributed by atoms with Crippen LogP contribution >= 0.6 is 0 Å². The number of nitrogens with one attached hydrogen (secondary N) is 2. The van der Waals surface area contributed by atoms with Crippen LogP contribution < -0.4 is 20.1 Å².